The van der Waals surface area contributed by atoms with Gasteiger partial charge in [0.2, 0.25) is 6.79 Å². The van der Waals surface area contributed by atoms with Crippen LogP contribution in [0.3, 0.4) is 0 Å². The molecule has 0 unspecified atom stereocenters. The van der Waals surface area contributed by atoms with Crippen molar-refractivity contribution in [1.29, 1.82) is 0 Å². The van der Waals surface area contributed by atoms with Gasteiger partial charge in [-0.1, -0.05) is 0 Å². The zero-order valence-electron chi connectivity index (χ0n) is 19.3. The van der Waals surface area contributed by atoms with Crippen molar-refractivity contribution < 1.29 is 18.9 Å². The predicted octanol–water partition coefficient (Wildman–Crippen LogP) is 1.83. The van der Waals surface area contributed by atoms with Crippen LogP contribution in [-0.2, 0) is 16.0 Å². The molecule has 1 atom stereocenters. The van der Waals surface area contributed by atoms with E-state index in [2.05, 4.69) is 20.1 Å². The van der Waals surface area contributed by atoms with Crippen LogP contribution in [-0.4, -0.2) is 85.3 Å². The van der Waals surface area contributed by atoms with Crippen molar-refractivity contribution in [1.82, 2.24) is 20.1 Å². The Balaban J connectivity index is 1.26. The number of H-pyrrole nitrogens is 1. The van der Waals surface area contributed by atoms with E-state index in [1.54, 1.807) is 0 Å². The Morgan fingerprint density at radius 3 is 2.79 bits per heavy atom. The maximum Gasteiger partial charge on any atom is 0.253 e. The number of aromatic amines is 1. The number of fused-ring (bicyclic) bond motifs is 2. The van der Waals surface area contributed by atoms with Gasteiger partial charge in [-0.3, -0.25) is 9.69 Å². The number of nitrogens with one attached hydrogen (secondary N) is 2. The van der Waals surface area contributed by atoms with Crippen molar-refractivity contribution in [3.63, 3.8) is 0 Å². The minimum absolute atomic E-state index is 0.126. The fraction of sp³-hybridized carbons (Fsp3) is 0.583. The van der Waals surface area contributed by atoms with E-state index in [1.807, 2.05) is 18.2 Å². The Labute approximate surface area is 204 Å². The summed E-state index contributed by atoms with van der Waals surface area (Å²) in [5.41, 5.74) is 1.26. The molecule has 9 nitrogen and oxygen atoms in total. The molecule has 10 heteroatoms. The number of ether oxygens (including phenoxy) is 4. The summed E-state index contributed by atoms with van der Waals surface area (Å²) in [4.78, 5) is 20.4. The number of aromatic nitrogens is 1. The third-order valence-corrected chi connectivity index (χ3v) is 6.94. The molecule has 184 valence electrons. The third-order valence-electron chi connectivity index (χ3n) is 6.54. The molecule has 2 N–H and O–H groups in total. The van der Waals surface area contributed by atoms with Crippen molar-refractivity contribution in [3.8, 4) is 11.5 Å². The fourth-order valence-corrected chi connectivity index (χ4v) is 4.89. The monoisotopic (exact) mass is 488 g/mol. The molecule has 3 aliphatic rings. The molecule has 0 saturated carbocycles. The van der Waals surface area contributed by atoms with Crippen LogP contribution in [0.25, 0.3) is 10.9 Å². The van der Waals surface area contributed by atoms with Crippen LogP contribution in [0.1, 0.15) is 24.8 Å². The second-order valence-electron chi connectivity index (χ2n) is 8.97. The number of thiocarbonyl (C=S) groups is 1. The summed E-state index contributed by atoms with van der Waals surface area (Å²) >= 11 is 5.76. The van der Waals surface area contributed by atoms with E-state index < -0.39 is 0 Å². The zero-order chi connectivity index (χ0) is 23.3. The standard InChI is InChI=1S/C24H32N4O5S/c29-23-18(11-17-12-21-22(33-16-32-21)13-20(17)26-23)14-28(15-19-3-1-8-31-19)24(34)25-4-2-5-27-6-9-30-10-7-27/h11-13,19H,1-10,14-16H2,(H,25,34)(H,26,29)/t19-/m0/s1. The Bertz CT molecular complexity index is 1070. The highest BCUT2D eigenvalue weighted by Gasteiger charge is 2.23. The van der Waals surface area contributed by atoms with Crippen molar-refractivity contribution in [2.75, 3.05) is 59.3 Å². The quantitative estimate of drug-likeness (QED) is 0.427. The topological polar surface area (TPSA) is 88.3 Å². The lowest BCUT2D eigenvalue weighted by Crippen LogP contribution is -2.45. The summed E-state index contributed by atoms with van der Waals surface area (Å²) < 4.78 is 22.2. The molecule has 34 heavy (non-hydrogen) atoms. The third kappa shape index (κ3) is 5.63. The molecule has 0 amide bonds. The van der Waals surface area contributed by atoms with E-state index >= 15 is 0 Å². The Morgan fingerprint density at radius 1 is 1.18 bits per heavy atom. The Hall–Kier alpha value is -2.40. The van der Waals surface area contributed by atoms with E-state index in [4.69, 9.17) is 31.2 Å². The molecule has 2 fully saturated rings. The zero-order valence-corrected chi connectivity index (χ0v) is 20.2. The number of hydrogen-bond donors (Lipinski definition) is 2. The molecular weight excluding hydrogens is 456 g/mol. The van der Waals surface area contributed by atoms with Crippen molar-refractivity contribution in [2.45, 2.75) is 31.9 Å². The molecule has 2 aromatic rings. The van der Waals surface area contributed by atoms with Gasteiger partial charge in [0.05, 0.1) is 31.4 Å². The van der Waals surface area contributed by atoms with Gasteiger partial charge >= 0.3 is 0 Å². The predicted molar refractivity (Wildman–Crippen MR) is 133 cm³/mol. The van der Waals surface area contributed by atoms with E-state index in [0.29, 0.717) is 35.3 Å². The summed E-state index contributed by atoms with van der Waals surface area (Å²) in [5.74, 6) is 1.34. The second kappa shape index (κ2) is 10.9. The summed E-state index contributed by atoms with van der Waals surface area (Å²) in [7, 11) is 0. The first-order valence-corrected chi connectivity index (χ1v) is 12.5. The molecule has 0 aliphatic carbocycles. The van der Waals surface area contributed by atoms with Crippen LogP contribution < -0.4 is 20.3 Å². The number of rotatable bonds is 8. The molecule has 4 heterocycles. The van der Waals surface area contributed by atoms with Crippen LogP contribution in [0.2, 0.25) is 0 Å². The first-order valence-electron chi connectivity index (χ1n) is 12.1. The molecule has 5 rings (SSSR count). The van der Waals surface area contributed by atoms with Crippen LogP contribution in [0.15, 0.2) is 23.0 Å². The van der Waals surface area contributed by atoms with Gasteiger partial charge in [-0.25, -0.2) is 0 Å². The number of nitrogens with zero attached hydrogens (tertiary/aromatic N) is 2. The second-order valence-corrected chi connectivity index (χ2v) is 9.36. The molecule has 0 radical (unpaired) electrons. The molecule has 1 aromatic carbocycles. The lowest BCUT2D eigenvalue weighted by Gasteiger charge is -2.29. The molecule has 3 aliphatic heterocycles. The van der Waals surface area contributed by atoms with Crippen molar-refractivity contribution in [2.24, 2.45) is 0 Å². The molecule has 0 spiro atoms. The average molecular weight is 489 g/mol. The lowest BCUT2D eigenvalue weighted by atomic mass is 10.1. The van der Waals surface area contributed by atoms with Gasteiger partial charge < -0.3 is 34.1 Å². The maximum absolute atomic E-state index is 12.9. The molecular formula is C24H32N4O5S. The van der Waals surface area contributed by atoms with Crippen LogP contribution in [0.4, 0.5) is 0 Å². The normalized spacial score (nSPS) is 20.1. The van der Waals surface area contributed by atoms with Crippen LogP contribution >= 0.6 is 12.2 Å². The lowest BCUT2D eigenvalue weighted by molar-refractivity contribution is 0.0375. The summed E-state index contributed by atoms with van der Waals surface area (Å²) in [6.07, 6.45) is 3.19. The van der Waals surface area contributed by atoms with Gasteiger partial charge in [0.25, 0.3) is 5.56 Å². The smallest absolute Gasteiger partial charge is 0.253 e. The van der Waals surface area contributed by atoms with Gasteiger partial charge in [0, 0.05) is 49.8 Å². The molecule has 2 saturated heterocycles. The van der Waals surface area contributed by atoms with Crippen molar-refractivity contribution in [3.05, 3.63) is 34.1 Å². The number of hydrogen-bond acceptors (Lipinski definition) is 7. The summed E-state index contributed by atoms with van der Waals surface area (Å²) in [6, 6.07) is 5.64. The largest absolute Gasteiger partial charge is 0.454 e. The van der Waals surface area contributed by atoms with Gasteiger partial charge in [-0.05, 0) is 50.2 Å². The first kappa shape index (κ1) is 23.3. The van der Waals surface area contributed by atoms with Crippen LogP contribution in [0.5, 0.6) is 11.5 Å². The molecule has 1 aromatic heterocycles. The summed E-state index contributed by atoms with van der Waals surface area (Å²) in [5, 5.41) is 4.96. The number of pyridine rings is 1. The Morgan fingerprint density at radius 2 is 2.00 bits per heavy atom. The number of morpholine rings is 1. The fourth-order valence-electron chi connectivity index (χ4n) is 4.65. The number of benzene rings is 1. The summed E-state index contributed by atoms with van der Waals surface area (Å²) in [6.45, 7) is 7.45. The highest BCUT2D eigenvalue weighted by atomic mass is 32.1. The first-order chi connectivity index (χ1) is 16.7. The van der Waals surface area contributed by atoms with Gasteiger partial charge in [0.1, 0.15) is 0 Å². The minimum atomic E-state index is -0.126. The maximum atomic E-state index is 12.9. The highest BCUT2D eigenvalue weighted by Crippen LogP contribution is 2.35. The average Bonchev–Trinajstić information content (AvgIpc) is 3.53. The van der Waals surface area contributed by atoms with Gasteiger partial charge in [-0.15, -0.1) is 0 Å². The van der Waals surface area contributed by atoms with Gasteiger partial charge in [-0.2, -0.15) is 0 Å². The van der Waals surface area contributed by atoms with E-state index in [-0.39, 0.29) is 18.5 Å². The van der Waals surface area contributed by atoms with Crippen molar-refractivity contribution >= 4 is 28.2 Å². The van der Waals surface area contributed by atoms with Crippen LogP contribution in [0, 0.1) is 0 Å². The molecule has 0 bridgehead atoms. The van der Waals surface area contributed by atoms with E-state index in [9.17, 15) is 4.79 Å². The van der Waals surface area contributed by atoms with E-state index in [0.717, 1.165) is 76.2 Å². The Kier molecular flexibility index (Phi) is 7.48. The minimum Gasteiger partial charge on any atom is -0.454 e. The highest BCUT2D eigenvalue weighted by molar-refractivity contribution is 7.80. The van der Waals surface area contributed by atoms with E-state index in [1.165, 1.54) is 0 Å². The SMILES string of the molecule is O=c1[nH]c2cc3c(cc2cc1CN(C[C@@H]1CCCO1)C(=S)NCCCN1CCOCC1)OCO3. The van der Waals surface area contributed by atoms with Gasteiger partial charge in [0.15, 0.2) is 16.6 Å².